The van der Waals surface area contributed by atoms with Crippen LogP contribution in [0.2, 0.25) is 0 Å². The average Bonchev–Trinajstić information content (AvgIpc) is 1.98. The lowest BCUT2D eigenvalue weighted by Gasteiger charge is -2.36. The number of rotatable bonds is 4. The first kappa shape index (κ1) is 12.0. The zero-order chi connectivity index (χ0) is 10.8. The molecule has 0 aromatic rings. The third-order valence-electron chi connectivity index (χ3n) is 2.37. The van der Waals surface area contributed by atoms with Crippen molar-refractivity contribution in [2.75, 3.05) is 6.61 Å². The summed E-state index contributed by atoms with van der Waals surface area (Å²) in [6, 6.07) is 0.302. The van der Waals surface area contributed by atoms with E-state index in [1.165, 1.54) is 0 Å². The molecule has 1 fully saturated rings. The molecule has 1 aliphatic rings. The van der Waals surface area contributed by atoms with Gasteiger partial charge < -0.3 is 10.1 Å². The van der Waals surface area contributed by atoms with Gasteiger partial charge in [0.05, 0.1) is 10.4 Å². The minimum absolute atomic E-state index is 0.0532. The summed E-state index contributed by atoms with van der Waals surface area (Å²) >= 11 is 3.33. The lowest BCUT2D eigenvalue weighted by molar-refractivity contribution is -0.125. The second-order valence-electron chi connectivity index (χ2n) is 4.19. The first-order valence-corrected chi connectivity index (χ1v) is 5.84. The molecular weight excluding hydrogens is 246 g/mol. The van der Waals surface area contributed by atoms with Crippen LogP contribution >= 0.6 is 15.9 Å². The van der Waals surface area contributed by atoms with E-state index in [4.69, 9.17) is 4.74 Å². The Labute approximate surface area is 93.7 Å². The van der Waals surface area contributed by atoms with Crippen molar-refractivity contribution in [1.82, 2.24) is 5.32 Å². The molecule has 0 radical (unpaired) electrons. The van der Waals surface area contributed by atoms with Gasteiger partial charge in [0.15, 0.2) is 0 Å². The molecule has 0 aliphatic heterocycles. The number of ether oxygens (including phenoxy) is 1. The van der Waals surface area contributed by atoms with Crippen molar-refractivity contribution in [1.29, 1.82) is 0 Å². The highest BCUT2D eigenvalue weighted by molar-refractivity contribution is 9.10. The predicted molar refractivity (Wildman–Crippen MR) is 59.6 cm³/mol. The first-order valence-electron chi connectivity index (χ1n) is 5.05. The van der Waals surface area contributed by atoms with Crippen LogP contribution < -0.4 is 5.32 Å². The number of nitrogens with one attached hydrogen (secondary N) is 1. The molecule has 0 bridgehead atoms. The predicted octanol–water partition coefficient (Wildman–Crippen LogP) is 1.84. The minimum Gasteiger partial charge on any atom is -0.378 e. The van der Waals surface area contributed by atoms with Crippen molar-refractivity contribution >= 4 is 21.8 Å². The molecule has 0 aromatic heterocycles. The third-order valence-corrected chi connectivity index (χ3v) is 2.73. The summed E-state index contributed by atoms with van der Waals surface area (Å²) in [4.78, 5) is 11.5. The van der Waals surface area contributed by atoms with Gasteiger partial charge in [-0.15, -0.1) is 0 Å². The molecule has 3 nitrogen and oxygen atoms in total. The number of halogens is 1. The quantitative estimate of drug-likeness (QED) is 0.787. The van der Waals surface area contributed by atoms with E-state index in [2.05, 4.69) is 21.2 Å². The van der Waals surface area contributed by atoms with Gasteiger partial charge in [-0.1, -0.05) is 15.9 Å². The van der Waals surface area contributed by atoms with Crippen molar-refractivity contribution < 1.29 is 9.53 Å². The molecular formula is C10H18BrNO2. The molecule has 4 heteroatoms. The van der Waals surface area contributed by atoms with Crippen LogP contribution in [0.25, 0.3) is 0 Å². The van der Waals surface area contributed by atoms with Crippen LogP contribution in [0.3, 0.4) is 0 Å². The number of hydrogen-bond acceptors (Lipinski definition) is 2. The van der Waals surface area contributed by atoms with Crippen molar-refractivity contribution in [3.05, 3.63) is 0 Å². The lowest BCUT2D eigenvalue weighted by Crippen LogP contribution is -2.51. The Balaban J connectivity index is 2.20. The molecule has 1 aliphatic carbocycles. The second-order valence-corrected chi connectivity index (χ2v) is 6.17. The SMILES string of the molecule is CCOC1CC(NC(=O)C(C)(C)Br)C1. The van der Waals surface area contributed by atoms with Gasteiger partial charge in [0, 0.05) is 12.6 Å². The zero-order valence-electron chi connectivity index (χ0n) is 8.97. The van der Waals surface area contributed by atoms with E-state index in [9.17, 15) is 4.79 Å². The van der Waals surface area contributed by atoms with E-state index >= 15 is 0 Å². The molecule has 0 aromatic carbocycles. The number of carbonyl (C=O) groups is 1. The molecule has 0 atom stereocenters. The molecule has 1 saturated carbocycles. The van der Waals surface area contributed by atoms with Gasteiger partial charge in [0.1, 0.15) is 0 Å². The van der Waals surface area contributed by atoms with E-state index in [0.717, 1.165) is 19.4 Å². The molecule has 1 rings (SSSR count). The molecule has 1 N–H and O–H groups in total. The fourth-order valence-corrected chi connectivity index (χ4v) is 1.53. The van der Waals surface area contributed by atoms with Crippen molar-refractivity contribution in [3.63, 3.8) is 0 Å². The van der Waals surface area contributed by atoms with E-state index < -0.39 is 4.32 Å². The standard InChI is InChI=1S/C10H18BrNO2/c1-4-14-8-5-7(6-8)12-9(13)10(2,3)11/h7-8H,4-6H2,1-3H3,(H,12,13). The molecule has 0 unspecified atom stereocenters. The Morgan fingerprint density at radius 2 is 2.14 bits per heavy atom. The molecule has 0 saturated heterocycles. The third kappa shape index (κ3) is 3.24. The van der Waals surface area contributed by atoms with Crippen LogP contribution in [0, 0.1) is 0 Å². The maximum atomic E-state index is 11.5. The summed E-state index contributed by atoms with van der Waals surface area (Å²) in [6.45, 7) is 6.45. The highest BCUT2D eigenvalue weighted by Gasteiger charge is 2.33. The van der Waals surface area contributed by atoms with Gasteiger partial charge >= 0.3 is 0 Å². The van der Waals surface area contributed by atoms with Crippen LogP contribution in [-0.2, 0) is 9.53 Å². The van der Waals surface area contributed by atoms with Gasteiger partial charge in [-0.3, -0.25) is 4.79 Å². The Bertz CT molecular complexity index is 207. The first-order chi connectivity index (χ1) is 6.43. The fraction of sp³-hybridized carbons (Fsp3) is 0.900. The Morgan fingerprint density at radius 3 is 2.57 bits per heavy atom. The van der Waals surface area contributed by atoms with Gasteiger partial charge in [-0.25, -0.2) is 0 Å². The maximum Gasteiger partial charge on any atom is 0.236 e. The van der Waals surface area contributed by atoms with Crippen LogP contribution in [0.1, 0.15) is 33.6 Å². The number of amides is 1. The van der Waals surface area contributed by atoms with Crippen LogP contribution in [-0.4, -0.2) is 29.0 Å². The molecule has 1 amide bonds. The van der Waals surface area contributed by atoms with E-state index in [1.54, 1.807) is 0 Å². The summed E-state index contributed by atoms with van der Waals surface area (Å²) < 4.78 is 4.94. The smallest absolute Gasteiger partial charge is 0.236 e. The highest BCUT2D eigenvalue weighted by Crippen LogP contribution is 2.25. The molecule has 14 heavy (non-hydrogen) atoms. The lowest BCUT2D eigenvalue weighted by atomic mass is 9.89. The fourth-order valence-electron chi connectivity index (χ4n) is 1.41. The van der Waals surface area contributed by atoms with Crippen LogP contribution in [0.15, 0.2) is 0 Å². The highest BCUT2D eigenvalue weighted by atomic mass is 79.9. The normalized spacial score (nSPS) is 26.9. The Hall–Kier alpha value is -0.0900. The van der Waals surface area contributed by atoms with E-state index in [-0.39, 0.29) is 5.91 Å². The molecule has 82 valence electrons. The number of carbonyl (C=O) groups excluding carboxylic acids is 1. The Morgan fingerprint density at radius 1 is 1.57 bits per heavy atom. The molecule has 0 spiro atoms. The van der Waals surface area contributed by atoms with E-state index in [0.29, 0.717) is 12.1 Å². The monoisotopic (exact) mass is 263 g/mol. The van der Waals surface area contributed by atoms with Gasteiger partial charge in [-0.2, -0.15) is 0 Å². The molecule has 0 heterocycles. The number of alkyl halides is 1. The largest absolute Gasteiger partial charge is 0.378 e. The van der Waals surface area contributed by atoms with Gasteiger partial charge in [0.25, 0.3) is 0 Å². The summed E-state index contributed by atoms with van der Waals surface area (Å²) in [5, 5.41) is 2.98. The maximum absolute atomic E-state index is 11.5. The number of hydrogen-bond donors (Lipinski definition) is 1. The summed E-state index contributed by atoms with van der Waals surface area (Å²) in [5.41, 5.74) is 0. The minimum atomic E-state index is -0.469. The van der Waals surface area contributed by atoms with Crippen LogP contribution in [0.5, 0.6) is 0 Å². The van der Waals surface area contributed by atoms with Crippen molar-refractivity contribution in [2.24, 2.45) is 0 Å². The summed E-state index contributed by atoms with van der Waals surface area (Å²) in [5.74, 6) is 0.0532. The average molecular weight is 264 g/mol. The second kappa shape index (κ2) is 4.62. The van der Waals surface area contributed by atoms with Crippen molar-refractivity contribution in [3.8, 4) is 0 Å². The summed E-state index contributed by atoms with van der Waals surface area (Å²) in [6.07, 6.45) is 2.24. The zero-order valence-corrected chi connectivity index (χ0v) is 10.6. The topological polar surface area (TPSA) is 38.3 Å². The van der Waals surface area contributed by atoms with Gasteiger partial charge in [-0.05, 0) is 33.6 Å². The Kier molecular flexibility index (Phi) is 3.95. The van der Waals surface area contributed by atoms with E-state index in [1.807, 2.05) is 20.8 Å². The van der Waals surface area contributed by atoms with Crippen LogP contribution in [0.4, 0.5) is 0 Å². The van der Waals surface area contributed by atoms with Gasteiger partial charge in [0.2, 0.25) is 5.91 Å². The summed E-state index contributed by atoms with van der Waals surface area (Å²) in [7, 11) is 0. The van der Waals surface area contributed by atoms with Crippen molar-refractivity contribution in [2.45, 2.75) is 50.1 Å².